The Morgan fingerprint density at radius 3 is 2.67 bits per heavy atom. The number of rotatable bonds is 5. The summed E-state index contributed by atoms with van der Waals surface area (Å²) >= 11 is 0. The predicted octanol–water partition coefficient (Wildman–Crippen LogP) is 1.59. The summed E-state index contributed by atoms with van der Waals surface area (Å²) in [5.41, 5.74) is 0.795. The maximum atomic E-state index is 12.8. The van der Waals surface area contributed by atoms with Crippen LogP contribution in [0.4, 0.5) is 10.2 Å². The van der Waals surface area contributed by atoms with Gasteiger partial charge in [-0.25, -0.2) is 4.39 Å². The molecular formula is C13H13FN4O3. The number of halogens is 1. The van der Waals surface area contributed by atoms with Crippen LogP contribution < -0.4 is 0 Å². The molecule has 0 saturated heterocycles. The highest BCUT2D eigenvalue weighted by molar-refractivity contribution is 5.75. The van der Waals surface area contributed by atoms with Crippen LogP contribution in [0.3, 0.4) is 0 Å². The molecule has 0 spiro atoms. The van der Waals surface area contributed by atoms with E-state index in [4.69, 9.17) is 0 Å². The molecule has 0 unspecified atom stereocenters. The van der Waals surface area contributed by atoms with Crippen molar-refractivity contribution in [3.63, 3.8) is 0 Å². The summed E-state index contributed by atoms with van der Waals surface area (Å²) in [6.07, 6.45) is 2.44. The van der Waals surface area contributed by atoms with Gasteiger partial charge in [0.1, 0.15) is 18.6 Å². The first-order valence-electron chi connectivity index (χ1n) is 6.10. The fraction of sp³-hybridized carbons (Fsp3) is 0.231. The van der Waals surface area contributed by atoms with Gasteiger partial charge >= 0.3 is 5.82 Å². The molecule has 0 aliphatic heterocycles. The molecule has 0 aliphatic rings. The second-order valence-corrected chi connectivity index (χ2v) is 4.54. The molecule has 1 amide bonds. The molecule has 110 valence electrons. The third-order valence-electron chi connectivity index (χ3n) is 2.88. The Labute approximate surface area is 119 Å². The number of nitro groups is 1. The van der Waals surface area contributed by atoms with Crippen LogP contribution >= 0.6 is 0 Å². The van der Waals surface area contributed by atoms with Crippen LogP contribution in [0.1, 0.15) is 5.56 Å². The molecule has 8 heteroatoms. The largest absolute Gasteiger partial charge is 0.381 e. The zero-order valence-corrected chi connectivity index (χ0v) is 11.3. The number of amides is 1. The van der Waals surface area contributed by atoms with E-state index in [1.54, 1.807) is 19.2 Å². The first kappa shape index (κ1) is 14.6. The van der Waals surface area contributed by atoms with E-state index in [9.17, 15) is 19.3 Å². The van der Waals surface area contributed by atoms with Gasteiger partial charge in [0.05, 0.1) is 0 Å². The predicted molar refractivity (Wildman–Crippen MR) is 71.8 cm³/mol. The summed E-state index contributed by atoms with van der Waals surface area (Å²) < 4.78 is 14.1. The van der Waals surface area contributed by atoms with E-state index in [2.05, 4.69) is 4.98 Å². The van der Waals surface area contributed by atoms with Crippen molar-refractivity contribution < 1.29 is 14.1 Å². The highest BCUT2D eigenvalue weighted by Gasteiger charge is 2.14. The molecule has 0 aliphatic carbocycles. The molecule has 0 saturated carbocycles. The first-order chi connectivity index (χ1) is 9.95. The van der Waals surface area contributed by atoms with Crippen LogP contribution in [-0.4, -0.2) is 32.3 Å². The third-order valence-corrected chi connectivity index (χ3v) is 2.88. The minimum atomic E-state index is -0.622. The highest BCUT2D eigenvalue weighted by atomic mass is 19.1. The molecule has 21 heavy (non-hydrogen) atoms. The summed E-state index contributed by atoms with van der Waals surface area (Å²) in [6, 6.07) is 5.85. The Morgan fingerprint density at radius 1 is 1.43 bits per heavy atom. The number of nitrogens with zero attached hydrogens (tertiary/aromatic N) is 4. The number of imidazole rings is 1. The van der Waals surface area contributed by atoms with Crippen LogP contribution in [0, 0.1) is 15.9 Å². The molecule has 7 nitrogen and oxygen atoms in total. The first-order valence-corrected chi connectivity index (χ1v) is 6.10. The van der Waals surface area contributed by atoms with E-state index in [0.717, 1.165) is 5.56 Å². The molecule has 0 atom stereocenters. The Balaban J connectivity index is 1.95. The molecule has 0 N–H and O–H groups in total. The van der Waals surface area contributed by atoms with Gasteiger partial charge in [-0.1, -0.05) is 12.1 Å². The van der Waals surface area contributed by atoms with Crippen molar-refractivity contribution in [1.29, 1.82) is 0 Å². The van der Waals surface area contributed by atoms with Crippen LogP contribution in [-0.2, 0) is 17.9 Å². The van der Waals surface area contributed by atoms with Gasteiger partial charge in [-0.3, -0.25) is 4.79 Å². The molecular weight excluding hydrogens is 279 g/mol. The number of hydrogen-bond acceptors (Lipinski definition) is 4. The quantitative estimate of drug-likeness (QED) is 0.619. The normalized spacial score (nSPS) is 10.4. The molecule has 1 aromatic carbocycles. The molecule has 1 aromatic heterocycles. The summed E-state index contributed by atoms with van der Waals surface area (Å²) in [7, 11) is 1.61. The van der Waals surface area contributed by atoms with Crippen LogP contribution in [0.25, 0.3) is 0 Å². The molecule has 0 fully saturated rings. The minimum absolute atomic E-state index is 0.0431. The van der Waals surface area contributed by atoms with Gasteiger partial charge in [0, 0.05) is 13.6 Å². The zero-order chi connectivity index (χ0) is 15.4. The molecule has 1 heterocycles. The highest BCUT2D eigenvalue weighted by Crippen LogP contribution is 2.08. The number of hydrogen-bond donors (Lipinski definition) is 0. The summed E-state index contributed by atoms with van der Waals surface area (Å²) in [4.78, 5) is 26.9. The number of benzene rings is 1. The van der Waals surface area contributed by atoms with Crippen molar-refractivity contribution in [2.24, 2.45) is 0 Å². The van der Waals surface area contributed by atoms with E-state index >= 15 is 0 Å². The van der Waals surface area contributed by atoms with E-state index in [1.807, 2.05) is 0 Å². The molecule has 0 bridgehead atoms. The van der Waals surface area contributed by atoms with Gasteiger partial charge in [0.15, 0.2) is 0 Å². The van der Waals surface area contributed by atoms with Gasteiger partial charge in [-0.2, -0.15) is 0 Å². The SMILES string of the molecule is CN(Cc1ccc(F)cc1)C(=O)Cn1cnc([N+](=O)[O-])c1. The fourth-order valence-electron chi connectivity index (χ4n) is 1.76. The lowest BCUT2D eigenvalue weighted by molar-refractivity contribution is -0.389. The van der Waals surface area contributed by atoms with E-state index < -0.39 is 4.92 Å². The van der Waals surface area contributed by atoms with E-state index in [-0.39, 0.29) is 24.1 Å². The zero-order valence-electron chi connectivity index (χ0n) is 11.3. The lowest BCUT2D eigenvalue weighted by Gasteiger charge is -2.17. The number of carbonyl (C=O) groups excluding carboxylic acids is 1. The second-order valence-electron chi connectivity index (χ2n) is 4.54. The van der Waals surface area contributed by atoms with Crippen molar-refractivity contribution in [2.75, 3.05) is 7.05 Å². The Kier molecular flexibility index (Phi) is 4.27. The van der Waals surface area contributed by atoms with Crippen molar-refractivity contribution in [3.8, 4) is 0 Å². The molecule has 0 radical (unpaired) electrons. The summed E-state index contributed by atoms with van der Waals surface area (Å²) in [5.74, 6) is -0.867. The summed E-state index contributed by atoms with van der Waals surface area (Å²) in [5, 5.41) is 10.5. The van der Waals surface area contributed by atoms with Crippen molar-refractivity contribution in [1.82, 2.24) is 14.5 Å². The topological polar surface area (TPSA) is 81.3 Å². The minimum Gasteiger partial charge on any atom is -0.358 e. The number of carbonyl (C=O) groups is 1. The lowest BCUT2D eigenvalue weighted by atomic mass is 10.2. The van der Waals surface area contributed by atoms with Crippen molar-refractivity contribution in [2.45, 2.75) is 13.1 Å². The Bertz CT molecular complexity index is 654. The average Bonchev–Trinajstić information content (AvgIpc) is 2.90. The van der Waals surface area contributed by atoms with Crippen LogP contribution in [0.5, 0.6) is 0 Å². The van der Waals surface area contributed by atoms with Crippen LogP contribution in [0.15, 0.2) is 36.8 Å². The van der Waals surface area contributed by atoms with Gasteiger partial charge in [-0.05, 0) is 27.6 Å². The van der Waals surface area contributed by atoms with E-state index in [0.29, 0.717) is 6.54 Å². The van der Waals surface area contributed by atoms with Gasteiger partial charge in [-0.15, -0.1) is 0 Å². The van der Waals surface area contributed by atoms with Crippen LogP contribution in [0.2, 0.25) is 0 Å². The number of aromatic nitrogens is 2. The van der Waals surface area contributed by atoms with Gasteiger partial charge < -0.3 is 19.6 Å². The second kappa shape index (κ2) is 6.12. The van der Waals surface area contributed by atoms with Gasteiger partial charge in [0.2, 0.25) is 12.2 Å². The van der Waals surface area contributed by atoms with Crippen molar-refractivity contribution >= 4 is 11.7 Å². The summed E-state index contributed by atoms with van der Waals surface area (Å²) in [6.45, 7) is 0.286. The van der Waals surface area contributed by atoms with Crippen molar-refractivity contribution in [3.05, 3.63) is 58.3 Å². The van der Waals surface area contributed by atoms with E-state index in [1.165, 1.54) is 34.1 Å². The molecule has 2 rings (SSSR count). The Morgan fingerprint density at radius 2 is 2.10 bits per heavy atom. The van der Waals surface area contributed by atoms with Gasteiger partial charge in [0.25, 0.3) is 0 Å². The lowest BCUT2D eigenvalue weighted by Crippen LogP contribution is -2.29. The average molecular weight is 292 g/mol. The monoisotopic (exact) mass is 292 g/mol. The smallest absolute Gasteiger partial charge is 0.358 e. The number of likely N-dealkylation sites (N-methyl/N-ethyl adjacent to an activating group) is 1. The fourth-order valence-corrected chi connectivity index (χ4v) is 1.76. The Hall–Kier alpha value is -2.77. The maximum Gasteiger partial charge on any atom is 0.381 e. The standard InChI is InChI=1S/C13H13FN4O3/c1-16(6-10-2-4-11(14)5-3-10)13(19)8-17-7-12(15-9-17)18(20)21/h2-5,7,9H,6,8H2,1H3. The third kappa shape index (κ3) is 3.85. The molecule has 2 aromatic rings. The maximum absolute atomic E-state index is 12.8.